The number of hydrogen-bond acceptors (Lipinski definition) is 8. The lowest BCUT2D eigenvalue weighted by Crippen LogP contribution is -2.47. The second-order valence-electron chi connectivity index (χ2n) is 15.3. The Kier molecular flexibility index (Phi) is 11.0. The van der Waals surface area contributed by atoms with Crippen LogP contribution in [0.1, 0.15) is 89.4 Å². The first-order valence-corrected chi connectivity index (χ1v) is 19.9. The highest BCUT2D eigenvalue weighted by Gasteiger charge is 2.35. The molecule has 0 aliphatic carbocycles. The smallest absolute Gasteiger partial charge is 0.269 e. The molecule has 0 spiro atoms. The van der Waals surface area contributed by atoms with E-state index < -0.39 is 6.04 Å². The Labute approximate surface area is 337 Å². The van der Waals surface area contributed by atoms with Gasteiger partial charge in [-0.1, -0.05) is 36.1 Å². The maximum absolute atomic E-state index is 13.1. The van der Waals surface area contributed by atoms with Gasteiger partial charge in [0.1, 0.15) is 17.6 Å². The summed E-state index contributed by atoms with van der Waals surface area (Å²) in [5.74, 6) is 6.98. The topological polar surface area (TPSA) is 152 Å². The molecule has 5 aromatic rings. The molecule has 13 heteroatoms. The van der Waals surface area contributed by atoms with E-state index in [0.717, 1.165) is 94.9 Å². The quantitative estimate of drug-likeness (QED) is 0.113. The molecule has 1 fully saturated rings. The molecular formula is C45H46N8O5. The maximum Gasteiger partial charge on any atom is 0.269 e. The molecule has 0 radical (unpaired) electrons. The number of hydrogen-bond donors (Lipinski definition) is 2. The second-order valence-corrected chi connectivity index (χ2v) is 15.3. The summed E-state index contributed by atoms with van der Waals surface area (Å²) in [6, 6.07) is 16.5. The Morgan fingerprint density at radius 2 is 1.79 bits per heavy atom. The minimum atomic E-state index is -0.605. The third-order valence-electron chi connectivity index (χ3n) is 11.1. The van der Waals surface area contributed by atoms with E-state index in [1.54, 1.807) is 41.1 Å². The number of nitrogens with one attached hydrogen (secondary N) is 2. The lowest BCUT2D eigenvalue weighted by Gasteiger charge is -2.28. The van der Waals surface area contributed by atoms with Crippen molar-refractivity contribution in [3.63, 3.8) is 0 Å². The summed E-state index contributed by atoms with van der Waals surface area (Å²) < 4.78 is 7.95. The molecule has 8 rings (SSSR count). The van der Waals surface area contributed by atoms with Crippen LogP contribution < -0.4 is 10.6 Å². The van der Waals surface area contributed by atoms with Crippen molar-refractivity contribution in [2.75, 3.05) is 26.3 Å². The standard InChI is InChI=1S/C45H46N8O5/c1-28(2)49-43(55)29(3)53-25-37-30(9-6-12-35(37)45(53)57)8-4-5-17-46-44(56)38-14-13-33(23-47-38)39-22-32-10-7-11-34(36(32)24-48-39)41-40-26-51(27-54)18-19-52(40)42(50-41)31-15-20-58-21-16-31/h6-7,9-14,22-24,27-29,31H,5,15-21,25-26H2,1-3H3,(H,46,56)(H,49,55). The number of pyridine rings is 2. The molecule has 0 bridgehead atoms. The molecule has 2 N–H and O–H groups in total. The van der Waals surface area contributed by atoms with Crippen LogP contribution >= 0.6 is 0 Å². The second kappa shape index (κ2) is 16.6. The van der Waals surface area contributed by atoms with Crippen molar-refractivity contribution < 1.29 is 23.9 Å². The molecule has 0 saturated carbocycles. The zero-order valence-corrected chi connectivity index (χ0v) is 33.0. The molecule has 3 aliphatic rings. The predicted octanol–water partition coefficient (Wildman–Crippen LogP) is 5.07. The Morgan fingerprint density at radius 3 is 2.57 bits per heavy atom. The van der Waals surface area contributed by atoms with Crippen LogP contribution in [0.5, 0.6) is 0 Å². The van der Waals surface area contributed by atoms with Crippen molar-refractivity contribution in [3.8, 4) is 34.4 Å². The molecule has 1 atom stereocenters. The third kappa shape index (κ3) is 7.67. The van der Waals surface area contributed by atoms with Gasteiger partial charge < -0.3 is 29.7 Å². The molecular weight excluding hydrogens is 733 g/mol. The van der Waals surface area contributed by atoms with E-state index in [2.05, 4.69) is 44.2 Å². The number of nitrogens with zero attached hydrogens (tertiary/aromatic N) is 6. The van der Waals surface area contributed by atoms with Gasteiger partial charge in [0.25, 0.3) is 11.8 Å². The van der Waals surface area contributed by atoms with Crippen molar-refractivity contribution in [2.24, 2.45) is 0 Å². The molecule has 296 valence electrons. The van der Waals surface area contributed by atoms with Crippen LogP contribution in [0.25, 0.3) is 33.3 Å². The predicted molar refractivity (Wildman–Crippen MR) is 218 cm³/mol. The van der Waals surface area contributed by atoms with Crippen molar-refractivity contribution in [3.05, 3.63) is 101 Å². The number of imidazole rings is 1. The SMILES string of the molecule is CC(C)NC(=O)C(C)N1Cc2c(C#CCCNC(=O)c3ccc(-c4cc5cccc(-c6nc(C7CCOCC7)n7c6CN(C=O)CC7)c5cn4)cn3)cccc2C1=O. The van der Waals surface area contributed by atoms with E-state index in [-0.39, 0.29) is 29.5 Å². The summed E-state index contributed by atoms with van der Waals surface area (Å²) in [6.45, 7) is 9.48. The van der Waals surface area contributed by atoms with E-state index >= 15 is 0 Å². The van der Waals surface area contributed by atoms with Gasteiger partial charge in [-0.3, -0.25) is 29.1 Å². The van der Waals surface area contributed by atoms with Gasteiger partial charge in [-0.05, 0) is 74.9 Å². The van der Waals surface area contributed by atoms with Gasteiger partial charge in [-0.25, -0.2) is 4.98 Å². The molecule has 1 saturated heterocycles. The van der Waals surface area contributed by atoms with E-state index in [1.165, 1.54) is 0 Å². The summed E-state index contributed by atoms with van der Waals surface area (Å²) in [5, 5.41) is 7.73. The van der Waals surface area contributed by atoms with Gasteiger partial charge in [-0.15, -0.1) is 0 Å². The average molecular weight is 779 g/mol. The Hall–Kier alpha value is -6.39. The first-order valence-electron chi connectivity index (χ1n) is 19.9. The summed E-state index contributed by atoms with van der Waals surface area (Å²) >= 11 is 0. The van der Waals surface area contributed by atoms with Crippen molar-refractivity contribution >= 4 is 34.9 Å². The number of aromatic nitrogens is 4. The van der Waals surface area contributed by atoms with E-state index in [4.69, 9.17) is 14.7 Å². The fraction of sp³-hybridized carbons (Fsp3) is 0.356. The van der Waals surface area contributed by atoms with Gasteiger partial charge in [0.05, 0.1) is 23.6 Å². The highest BCUT2D eigenvalue weighted by Crippen LogP contribution is 2.37. The molecule has 1 unspecified atom stereocenters. The number of ether oxygens (including phenoxy) is 1. The van der Waals surface area contributed by atoms with Crippen molar-refractivity contribution in [1.29, 1.82) is 0 Å². The minimum Gasteiger partial charge on any atom is -0.381 e. The largest absolute Gasteiger partial charge is 0.381 e. The van der Waals surface area contributed by atoms with Crippen LogP contribution in [0.2, 0.25) is 0 Å². The van der Waals surface area contributed by atoms with Gasteiger partial charge in [0.2, 0.25) is 12.3 Å². The monoisotopic (exact) mass is 778 g/mol. The van der Waals surface area contributed by atoms with Crippen LogP contribution in [0.4, 0.5) is 0 Å². The van der Waals surface area contributed by atoms with Gasteiger partial charge >= 0.3 is 0 Å². The number of fused-ring (bicyclic) bond motifs is 3. The zero-order valence-electron chi connectivity index (χ0n) is 33.0. The van der Waals surface area contributed by atoms with Gasteiger partial charge in [0, 0.05) is 97.8 Å². The molecule has 4 amide bonds. The van der Waals surface area contributed by atoms with E-state index in [9.17, 15) is 19.2 Å². The van der Waals surface area contributed by atoms with Crippen molar-refractivity contribution in [1.82, 2.24) is 40.0 Å². The molecule has 3 aromatic heterocycles. The first-order chi connectivity index (χ1) is 28.2. The third-order valence-corrected chi connectivity index (χ3v) is 11.1. The fourth-order valence-corrected chi connectivity index (χ4v) is 8.02. The highest BCUT2D eigenvalue weighted by molar-refractivity contribution is 6.02. The molecule has 3 aliphatic heterocycles. The highest BCUT2D eigenvalue weighted by atomic mass is 16.5. The number of amides is 4. The normalized spacial score (nSPS) is 15.8. The summed E-state index contributed by atoms with van der Waals surface area (Å²) in [6.07, 6.45) is 6.70. The maximum atomic E-state index is 13.1. The molecule has 58 heavy (non-hydrogen) atoms. The van der Waals surface area contributed by atoms with Gasteiger partial charge in [0.15, 0.2) is 0 Å². The van der Waals surface area contributed by atoms with Crippen LogP contribution in [-0.4, -0.2) is 91.8 Å². The lowest BCUT2D eigenvalue weighted by molar-refractivity contribution is -0.125. The first kappa shape index (κ1) is 38.5. The van der Waals surface area contributed by atoms with E-state index in [0.29, 0.717) is 44.1 Å². The van der Waals surface area contributed by atoms with Gasteiger partial charge in [-0.2, -0.15) is 0 Å². The number of rotatable bonds is 10. The van der Waals surface area contributed by atoms with Crippen LogP contribution in [-0.2, 0) is 34.0 Å². The minimum absolute atomic E-state index is 0.0219. The molecule has 2 aromatic carbocycles. The van der Waals surface area contributed by atoms with Crippen LogP contribution in [0.15, 0.2) is 67.0 Å². The lowest BCUT2D eigenvalue weighted by atomic mass is 9.99. The Bertz CT molecular complexity index is 2460. The summed E-state index contributed by atoms with van der Waals surface area (Å²) in [4.78, 5) is 68.4. The molecule has 6 heterocycles. The Morgan fingerprint density at radius 1 is 0.983 bits per heavy atom. The van der Waals surface area contributed by atoms with Crippen LogP contribution in [0, 0.1) is 11.8 Å². The summed E-state index contributed by atoms with van der Waals surface area (Å²) in [5.41, 5.74) is 6.81. The number of carbonyl (C=O) groups excluding carboxylic acids is 4. The van der Waals surface area contributed by atoms with Crippen molar-refractivity contribution in [2.45, 2.75) is 77.7 Å². The van der Waals surface area contributed by atoms with Crippen LogP contribution in [0.3, 0.4) is 0 Å². The average Bonchev–Trinajstić information content (AvgIpc) is 3.80. The Balaban J connectivity index is 0.919. The number of benzene rings is 2. The zero-order chi connectivity index (χ0) is 40.3. The fourth-order valence-electron chi connectivity index (χ4n) is 8.02. The number of carbonyl (C=O) groups is 4. The summed E-state index contributed by atoms with van der Waals surface area (Å²) in [7, 11) is 0. The molecule has 13 nitrogen and oxygen atoms in total. The van der Waals surface area contributed by atoms with E-state index in [1.807, 2.05) is 44.3 Å².